The first kappa shape index (κ1) is 11.6. The van der Waals surface area contributed by atoms with E-state index < -0.39 is 0 Å². The van der Waals surface area contributed by atoms with Gasteiger partial charge in [0.05, 0.1) is 5.69 Å². The number of piperidine rings is 1. The maximum atomic E-state index is 4.47. The third kappa shape index (κ3) is 3.58. The van der Waals surface area contributed by atoms with Gasteiger partial charge in [-0.25, -0.2) is 0 Å². The minimum Gasteiger partial charge on any atom is -0.313 e. The Hall–Kier alpha value is -0.930. The first-order valence-electron chi connectivity index (χ1n) is 6.21. The van der Waals surface area contributed by atoms with Gasteiger partial charge in [0.25, 0.3) is 0 Å². The Balaban J connectivity index is 1.71. The fourth-order valence-corrected chi connectivity index (χ4v) is 2.17. The second kappa shape index (κ2) is 5.97. The molecule has 0 radical (unpaired) electrons. The van der Waals surface area contributed by atoms with Gasteiger partial charge in [-0.1, -0.05) is 12.5 Å². The molecule has 1 unspecified atom stereocenters. The molecule has 0 aromatic carbocycles. The molecule has 0 aliphatic carbocycles. The van der Waals surface area contributed by atoms with Gasteiger partial charge in [0.1, 0.15) is 0 Å². The number of nitrogens with one attached hydrogen (secondary N) is 2. The molecule has 1 aromatic rings. The predicted octanol–water partition coefficient (Wildman–Crippen LogP) is 1.62. The summed E-state index contributed by atoms with van der Waals surface area (Å²) in [6.07, 6.45) is 3.99. The molecule has 1 atom stereocenters. The molecule has 1 fully saturated rings. The van der Waals surface area contributed by atoms with E-state index in [1.54, 1.807) is 0 Å². The molecule has 1 aromatic heterocycles. The van der Waals surface area contributed by atoms with Crippen molar-refractivity contribution >= 4 is 0 Å². The van der Waals surface area contributed by atoms with Gasteiger partial charge in [-0.15, -0.1) is 0 Å². The van der Waals surface area contributed by atoms with Crippen LogP contribution in [0.25, 0.3) is 0 Å². The first-order valence-corrected chi connectivity index (χ1v) is 6.21. The molecule has 3 heteroatoms. The summed E-state index contributed by atoms with van der Waals surface area (Å²) in [7, 11) is 0. The lowest BCUT2D eigenvalue weighted by Crippen LogP contribution is -2.41. The van der Waals surface area contributed by atoms with Crippen molar-refractivity contribution in [3.8, 4) is 0 Å². The van der Waals surface area contributed by atoms with Gasteiger partial charge in [-0.3, -0.25) is 4.98 Å². The smallest absolute Gasteiger partial charge is 0.0544 e. The van der Waals surface area contributed by atoms with Crippen molar-refractivity contribution in [1.82, 2.24) is 15.6 Å². The van der Waals surface area contributed by atoms with Gasteiger partial charge in [0.2, 0.25) is 0 Å². The number of aryl methyl sites for hydroxylation is 1. The Labute approximate surface area is 97.7 Å². The van der Waals surface area contributed by atoms with E-state index in [-0.39, 0.29) is 0 Å². The van der Waals surface area contributed by atoms with Crippen LogP contribution in [0, 0.1) is 6.92 Å². The van der Waals surface area contributed by atoms with E-state index in [2.05, 4.69) is 27.8 Å². The Morgan fingerprint density at radius 1 is 1.44 bits per heavy atom. The lowest BCUT2D eigenvalue weighted by molar-refractivity contribution is 0.382. The van der Waals surface area contributed by atoms with E-state index in [0.29, 0.717) is 6.04 Å². The molecule has 0 amide bonds. The molecule has 1 saturated heterocycles. The Morgan fingerprint density at radius 2 is 2.38 bits per heavy atom. The molecule has 0 bridgehead atoms. The van der Waals surface area contributed by atoms with Gasteiger partial charge >= 0.3 is 0 Å². The standard InChI is InChI=1S/C13H21N3/c1-11-5-4-7-13(16-11)10-14-9-12-6-2-3-8-15-12/h4-5,7,12,14-15H,2-3,6,8-10H2,1H3. The fraction of sp³-hybridized carbons (Fsp3) is 0.615. The summed E-state index contributed by atoms with van der Waals surface area (Å²) in [5.41, 5.74) is 2.23. The molecule has 0 spiro atoms. The Bertz CT molecular complexity index is 319. The van der Waals surface area contributed by atoms with Crippen molar-refractivity contribution in [2.24, 2.45) is 0 Å². The largest absolute Gasteiger partial charge is 0.313 e. The minimum atomic E-state index is 0.651. The molecule has 1 aliphatic rings. The molecule has 16 heavy (non-hydrogen) atoms. The van der Waals surface area contributed by atoms with Crippen LogP contribution in [0.3, 0.4) is 0 Å². The normalized spacial score (nSPS) is 20.9. The summed E-state index contributed by atoms with van der Waals surface area (Å²) in [4.78, 5) is 4.47. The van der Waals surface area contributed by atoms with E-state index in [4.69, 9.17) is 0 Å². The highest BCUT2D eigenvalue weighted by Crippen LogP contribution is 2.06. The molecule has 2 N–H and O–H groups in total. The molecule has 0 saturated carbocycles. The number of pyridine rings is 1. The van der Waals surface area contributed by atoms with E-state index >= 15 is 0 Å². The summed E-state index contributed by atoms with van der Waals surface area (Å²) in [6, 6.07) is 6.83. The number of aromatic nitrogens is 1. The van der Waals surface area contributed by atoms with Crippen molar-refractivity contribution in [3.05, 3.63) is 29.6 Å². The quantitative estimate of drug-likeness (QED) is 0.808. The average Bonchev–Trinajstić information content (AvgIpc) is 2.30. The van der Waals surface area contributed by atoms with E-state index in [0.717, 1.165) is 24.5 Å². The number of nitrogens with zero attached hydrogens (tertiary/aromatic N) is 1. The first-order chi connectivity index (χ1) is 7.84. The molecule has 88 valence electrons. The van der Waals surface area contributed by atoms with Crippen LogP contribution >= 0.6 is 0 Å². The van der Waals surface area contributed by atoms with E-state index in [1.807, 2.05) is 13.0 Å². The third-order valence-corrected chi connectivity index (χ3v) is 3.06. The Kier molecular flexibility index (Phi) is 4.31. The van der Waals surface area contributed by atoms with Gasteiger partial charge in [-0.05, 0) is 38.4 Å². The van der Waals surface area contributed by atoms with Gasteiger partial charge < -0.3 is 10.6 Å². The van der Waals surface area contributed by atoms with Crippen molar-refractivity contribution in [1.29, 1.82) is 0 Å². The molecule has 3 nitrogen and oxygen atoms in total. The van der Waals surface area contributed by atoms with E-state index in [1.165, 1.54) is 25.8 Å². The van der Waals surface area contributed by atoms with Crippen molar-refractivity contribution in [3.63, 3.8) is 0 Å². The molecular weight excluding hydrogens is 198 g/mol. The van der Waals surface area contributed by atoms with Crippen LogP contribution < -0.4 is 10.6 Å². The average molecular weight is 219 g/mol. The highest BCUT2D eigenvalue weighted by atomic mass is 15.0. The third-order valence-electron chi connectivity index (χ3n) is 3.06. The summed E-state index contributed by atoms with van der Waals surface area (Å²) in [5.74, 6) is 0. The van der Waals surface area contributed by atoms with E-state index in [9.17, 15) is 0 Å². The van der Waals surface area contributed by atoms with Crippen LogP contribution in [-0.2, 0) is 6.54 Å². The molecule has 2 rings (SSSR count). The van der Waals surface area contributed by atoms with Crippen molar-refractivity contribution in [2.45, 2.75) is 38.8 Å². The minimum absolute atomic E-state index is 0.651. The van der Waals surface area contributed by atoms with Crippen LogP contribution in [0.5, 0.6) is 0 Å². The van der Waals surface area contributed by atoms with Crippen molar-refractivity contribution in [2.75, 3.05) is 13.1 Å². The topological polar surface area (TPSA) is 37.0 Å². The van der Waals surface area contributed by atoms with Crippen LogP contribution in [-0.4, -0.2) is 24.1 Å². The summed E-state index contributed by atoms with van der Waals surface area (Å²) < 4.78 is 0. The SMILES string of the molecule is Cc1cccc(CNCC2CCCCN2)n1. The monoisotopic (exact) mass is 219 g/mol. The van der Waals surface area contributed by atoms with Crippen LogP contribution in [0.2, 0.25) is 0 Å². The zero-order chi connectivity index (χ0) is 11.2. The maximum absolute atomic E-state index is 4.47. The maximum Gasteiger partial charge on any atom is 0.0544 e. The zero-order valence-corrected chi connectivity index (χ0v) is 10.00. The highest BCUT2D eigenvalue weighted by molar-refractivity contribution is 5.09. The van der Waals surface area contributed by atoms with Gasteiger partial charge in [0, 0.05) is 24.8 Å². The predicted molar refractivity (Wildman–Crippen MR) is 66.3 cm³/mol. The second-order valence-corrected chi connectivity index (χ2v) is 4.55. The fourth-order valence-electron chi connectivity index (χ4n) is 2.17. The number of rotatable bonds is 4. The summed E-state index contributed by atoms with van der Waals surface area (Å²) >= 11 is 0. The van der Waals surface area contributed by atoms with Gasteiger partial charge in [-0.2, -0.15) is 0 Å². The molecular formula is C13H21N3. The lowest BCUT2D eigenvalue weighted by atomic mass is 10.1. The molecule has 1 aliphatic heterocycles. The van der Waals surface area contributed by atoms with Crippen LogP contribution in [0.1, 0.15) is 30.7 Å². The van der Waals surface area contributed by atoms with Crippen molar-refractivity contribution < 1.29 is 0 Å². The number of hydrogen-bond donors (Lipinski definition) is 2. The van der Waals surface area contributed by atoms with Crippen LogP contribution in [0.4, 0.5) is 0 Å². The summed E-state index contributed by atoms with van der Waals surface area (Å²) in [6.45, 7) is 5.14. The second-order valence-electron chi connectivity index (χ2n) is 4.55. The van der Waals surface area contributed by atoms with Crippen LogP contribution in [0.15, 0.2) is 18.2 Å². The highest BCUT2D eigenvalue weighted by Gasteiger charge is 2.11. The Morgan fingerprint density at radius 3 is 3.12 bits per heavy atom. The van der Waals surface area contributed by atoms with Gasteiger partial charge in [0.15, 0.2) is 0 Å². The zero-order valence-electron chi connectivity index (χ0n) is 10.00. The number of hydrogen-bond acceptors (Lipinski definition) is 3. The summed E-state index contributed by atoms with van der Waals surface area (Å²) in [5, 5.41) is 7.01. The molecule has 2 heterocycles. The lowest BCUT2D eigenvalue weighted by Gasteiger charge is -2.23.